The minimum absolute atomic E-state index is 0.293. The van der Waals surface area contributed by atoms with Crippen LogP contribution < -0.4 is 5.73 Å². The maximum atomic E-state index is 11.5. The molecule has 2 amide bonds. The first-order chi connectivity index (χ1) is 7.93. The van der Waals surface area contributed by atoms with Crippen molar-refractivity contribution in [2.75, 3.05) is 7.05 Å². The number of urea groups is 1. The molecule has 4 nitrogen and oxygen atoms in total. The number of hydrogen-bond donors (Lipinski definition) is 1. The normalized spacial score (nSPS) is 24.1. The summed E-state index contributed by atoms with van der Waals surface area (Å²) in [6, 6.07) is 7.21. The van der Waals surface area contributed by atoms with Crippen molar-refractivity contribution in [2.45, 2.75) is 18.9 Å². The number of halogens is 1. The average molecular weight is 252 g/mol. The fourth-order valence-electron chi connectivity index (χ4n) is 1.89. The molecule has 0 saturated heterocycles. The van der Waals surface area contributed by atoms with Crippen molar-refractivity contribution < 1.29 is 4.79 Å². The lowest BCUT2D eigenvalue weighted by Gasteiger charge is -2.31. The molecule has 0 spiro atoms. The van der Waals surface area contributed by atoms with E-state index in [9.17, 15) is 4.79 Å². The second-order valence-electron chi connectivity index (χ2n) is 4.42. The van der Waals surface area contributed by atoms with Crippen molar-refractivity contribution in [2.24, 2.45) is 10.7 Å². The fourth-order valence-corrected chi connectivity index (χ4v) is 2.02. The zero-order chi connectivity index (χ0) is 12.6. The Balaban J connectivity index is 2.26. The van der Waals surface area contributed by atoms with Crippen molar-refractivity contribution in [3.05, 3.63) is 34.9 Å². The van der Waals surface area contributed by atoms with Crippen molar-refractivity contribution >= 4 is 23.5 Å². The third-order valence-electron chi connectivity index (χ3n) is 3.26. The Morgan fingerprint density at radius 2 is 2.00 bits per heavy atom. The highest BCUT2D eigenvalue weighted by Crippen LogP contribution is 2.26. The number of carbonyl (C=O) groups is 1. The molecular weight excluding hydrogens is 238 g/mol. The smallest absolute Gasteiger partial charge is 0.345 e. The molecule has 1 aromatic rings. The number of hydrogen-bond acceptors (Lipinski definition) is 2. The van der Waals surface area contributed by atoms with Crippen molar-refractivity contribution in [1.29, 1.82) is 0 Å². The number of aliphatic imine (C=N–C) groups is 1. The molecule has 0 bridgehead atoms. The molecule has 1 atom stereocenters. The van der Waals surface area contributed by atoms with Gasteiger partial charge in [-0.3, -0.25) is 0 Å². The molecular formula is C12H14ClN3O. The van der Waals surface area contributed by atoms with Crippen molar-refractivity contribution in [3.63, 3.8) is 0 Å². The second kappa shape index (κ2) is 4.04. The Morgan fingerprint density at radius 1 is 1.41 bits per heavy atom. The minimum atomic E-state index is -0.551. The molecule has 2 N–H and O–H groups in total. The molecule has 1 aliphatic heterocycles. The number of amides is 2. The number of carbonyl (C=O) groups excluding carboxylic acids is 1. The molecule has 0 aromatic heterocycles. The van der Waals surface area contributed by atoms with Crippen LogP contribution in [-0.4, -0.2) is 29.4 Å². The van der Waals surface area contributed by atoms with Crippen molar-refractivity contribution in [1.82, 2.24) is 4.90 Å². The van der Waals surface area contributed by atoms with E-state index in [-0.39, 0.29) is 6.03 Å². The van der Waals surface area contributed by atoms with Crippen LogP contribution in [0.4, 0.5) is 4.79 Å². The number of rotatable bonds is 2. The Labute approximate surface area is 105 Å². The predicted octanol–water partition coefficient (Wildman–Crippen LogP) is 2.06. The summed E-state index contributed by atoms with van der Waals surface area (Å²) in [6.07, 6.45) is 0.627. The molecule has 2 rings (SSSR count). The quantitative estimate of drug-likeness (QED) is 0.875. The van der Waals surface area contributed by atoms with Crippen LogP contribution in [0.3, 0.4) is 0 Å². The van der Waals surface area contributed by atoms with Crippen molar-refractivity contribution in [3.8, 4) is 0 Å². The van der Waals surface area contributed by atoms with Gasteiger partial charge in [0.15, 0.2) is 0 Å². The minimum Gasteiger partial charge on any atom is -0.385 e. The monoisotopic (exact) mass is 251 g/mol. The summed E-state index contributed by atoms with van der Waals surface area (Å²) in [6.45, 7) is 1.91. The van der Waals surface area contributed by atoms with E-state index in [2.05, 4.69) is 4.99 Å². The second-order valence-corrected chi connectivity index (χ2v) is 4.85. The Morgan fingerprint density at radius 3 is 2.47 bits per heavy atom. The van der Waals surface area contributed by atoms with Crippen LogP contribution in [0.15, 0.2) is 29.3 Å². The molecule has 1 heterocycles. The molecule has 5 heteroatoms. The summed E-state index contributed by atoms with van der Waals surface area (Å²) in [4.78, 5) is 16.8. The topological polar surface area (TPSA) is 58.7 Å². The van der Waals surface area contributed by atoms with E-state index < -0.39 is 5.54 Å². The third kappa shape index (κ3) is 2.00. The molecule has 1 unspecified atom stereocenters. The summed E-state index contributed by atoms with van der Waals surface area (Å²) in [5.41, 5.74) is 6.35. The molecule has 0 fully saturated rings. The van der Waals surface area contributed by atoms with Crippen LogP contribution in [-0.2, 0) is 6.42 Å². The fraction of sp³-hybridized carbons (Fsp3) is 0.333. The van der Waals surface area contributed by atoms with Gasteiger partial charge < -0.3 is 10.6 Å². The van der Waals surface area contributed by atoms with E-state index in [0.717, 1.165) is 5.56 Å². The Bertz CT molecular complexity index is 483. The zero-order valence-electron chi connectivity index (χ0n) is 9.77. The largest absolute Gasteiger partial charge is 0.385 e. The highest BCUT2D eigenvalue weighted by atomic mass is 35.5. The number of nitrogens with two attached hydrogens (primary N) is 1. The van der Waals surface area contributed by atoms with Crippen LogP contribution in [0.1, 0.15) is 12.5 Å². The van der Waals surface area contributed by atoms with E-state index in [1.54, 1.807) is 11.9 Å². The number of likely N-dealkylation sites (N-methyl/N-ethyl adjacent to an activating group) is 1. The van der Waals surface area contributed by atoms with E-state index in [0.29, 0.717) is 17.3 Å². The van der Waals surface area contributed by atoms with Gasteiger partial charge in [0.05, 0.1) is 0 Å². The highest BCUT2D eigenvalue weighted by Gasteiger charge is 2.42. The van der Waals surface area contributed by atoms with Gasteiger partial charge in [0.25, 0.3) is 0 Å². The van der Waals surface area contributed by atoms with Crippen LogP contribution in [0, 0.1) is 0 Å². The first-order valence-electron chi connectivity index (χ1n) is 5.30. The van der Waals surface area contributed by atoms with Crippen LogP contribution in [0.2, 0.25) is 5.02 Å². The summed E-state index contributed by atoms with van der Waals surface area (Å²) >= 11 is 5.83. The van der Waals surface area contributed by atoms with Crippen LogP contribution >= 0.6 is 11.6 Å². The summed E-state index contributed by atoms with van der Waals surface area (Å²) in [7, 11) is 1.71. The van der Waals surface area contributed by atoms with Gasteiger partial charge >= 0.3 is 6.03 Å². The standard InChI is InChI=1S/C12H14ClN3O/c1-12(10(14)15-11(17)16(12)2)7-8-3-5-9(13)6-4-8/h3-6H,7H2,1-2H3,(H2,14,15,17). The maximum Gasteiger partial charge on any atom is 0.345 e. The van der Waals surface area contributed by atoms with Gasteiger partial charge in [0, 0.05) is 18.5 Å². The van der Waals surface area contributed by atoms with E-state index >= 15 is 0 Å². The first kappa shape index (κ1) is 11.9. The summed E-state index contributed by atoms with van der Waals surface area (Å²) in [5.74, 6) is 0.361. The van der Waals surface area contributed by atoms with E-state index in [1.165, 1.54) is 0 Å². The molecule has 0 aliphatic carbocycles. The van der Waals surface area contributed by atoms with Gasteiger partial charge in [-0.05, 0) is 24.6 Å². The molecule has 0 radical (unpaired) electrons. The highest BCUT2D eigenvalue weighted by molar-refractivity contribution is 6.30. The van der Waals surface area contributed by atoms with Crippen LogP contribution in [0.25, 0.3) is 0 Å². The maximum absolute atomic E-state index is 11.5. The summed E-state index contributed by atoms with van der Waals surface area (Å²) in [5, 5.41) is 0.691. The van der Waals surface area contributed by atoms with Crippen LogP contribution in [0.5, 0.6) is 0 Å². The zero-order valence-corrected chi connectivity index (χ0v) is 10.5. The Hall–Kier alpha value is -1.55. The Kier molecular flexibility index (Phi) is 2.83. The summed E-state index contributed by atoms with van der Waals surface area (Å²) < 4.78 is 0. The van der Waals surface area contributed by atoms with Gasteiger partial charge in [0.2, 0.25) is 0 Å². The SMILES string of the molecule is CN1C(=O)N=C(N)C1(C)Cc1ccc(Cl)cc1. The number of nitrogens with zero attached hydrogens (tertiary/aromatic N) is 2. The van der Waals surface area contributed by atoms with E-state index in [1.807, 2.05) is 31.2 Å². The van der Waals surface area contributed by atoms with Gasteiger partial charge in [0.1, 0.15) is 11.4 Å². The first-order valence-corrected chi connectivity index (χ1v) is 5.68. The molecule has 1 aromatic carbocycles. The molecule has 1 aliphatic rings. The number of benzene rings is 1. The van der Waals surface area contributed by atoms with Gasteiger partial charge in [-0.15, -0.1) is 0 Å². The average Bonchev–Trinajstić information content (AvgIpc) is 2.47. The number of amidine groups is 1. The predicted molar refractivity (Wildman–Crippen MR) is 68.3 cm³/mol. The van der Waals surface area contributed by atoms with Gasteiger partial charge in [-0.1, -0.05) is 23.7 Å². The lowest BCUT2D eigenvalue weighted by Crippen LogP contribution is -2.51. The van der Waals surface area contributed by atoms with Gasteiger partial charge in [-0.25, -0.2) is 4.79 Å². The molecule has 0 saturated carbocycles. The lowest BCUT2D eigenvalue weighted by molar-refractivity contribution is 0.197. The third-order valence-corrected chi connectivity index (χ3v) is 3.51. The van der Waals surface area contributed by atoms with E-state index in [4.69, 9.17) is 17.3 Å². The lowest BCUT2D eigenvalue weighted by atomic mass is 9.91. The molecule has 17 heavy (non-hydrogen) atoms. The van der Waals surface area contributed by atoms with Gasteiger partial charge in [-0.2, -0.15) is 4.99 Å². The molecule has 90 valence electrons.